The lowest BCUT2D eigenvalue weighted by Crippen LogP contribution is -2.57. The van der Waals surface area contributed by atoms with Crippen LogP contribution >= 0.6 is 0 Å². The summed E-state index contributed by atoms with van der Waals surface area (Å²) in [6, 6.07) is -1.38. The molecule has 1 heterocycles. The maximum Gasteiger partial charge on any atom is 0.405 e. The Morgan fingerprint density at radius 1 is 1.30 bits per heavy atom. The van der Waals surface area contributed by atoms with Gasteiger partial charge in [-0.3, -0.25) is 9.59 Å². The van der Waals surface area contributed by atoms with E-state index in [-0.39, 0.29) is 11.8 Å². The Kier molecular flexibility index (Phi) is 4.97. The molecule has 0 aromatic carbocycles. The molecule has 2 unspecified atom stereocenters. The monoisotopic (exact) mass is 285 g/mol. The number of hydrogen-bond acceptors (Lipinski definition) is 3. The van der Waals surface area contributed by atoms with Crippen LogP contribution in [0.3, 0.4) is 0 Å². The van der Waals surface area contributed by atoms with Crippen LogP contribution < -0.4 is 10.6 Å². The van der Waals surface area contributed by atoms with E-state index in [1.165, 1.54) is 11.9 Å². The fourth-order valence-electron chi connectivity index (χ4n) is 2.41. The highest BCUT2D eigenvalue weighted by Crippen LogP contribution is 2.25. The van der Waals surface area contributed by atoms with Gasteiger partial charge in [0, 0.05) is 13.6 Å². The number of hydrogen-bond donors (Lipinski definition) is 3. The van der Waals surface area contributed by atoms with Gasteiger partial charge >= 0.3 is 6.09 Å². The number of carboxylic acid groups (broad SMARTS) is 1. The van der Waals surface area contributed by atoms with Crippen molar-refractivity contribution < 1.29 is 19.5 Å². The van der Waals surface area contributed by atoms with Crippen molar-refractivity contribution in [2.24, 2.45) is 5.41 Å². The molecule has 1 fully saturated rings. The van der Waals surface area contributed by atoms with Crippen LogP contribution in [-0.4, -0.2) is 53.6 Å². The standard InChI is InChI=1S/C13H23N3O4/c1-13(2,3)9(15-12(19)20)11(18)16-7-5-6-8(16)10(17)14-4/h8-9,15H,5-7H2,1-4H3,(H,14,17)(H,19,20). The summed E-state index contributed by atoms with van der Waals surface area (Å²) in [5.74, 6) is -0.551. The average Bonchev–Trinajstić information content (AvgIpc) is 2.81. The quantitative estimate of drug-likeness (QED) is 0.699. The Labute approximate surface area is 118 Å². The molecule has 1 saturated heterocycles. The van der Waals surface area contributed by atoms with Crippen LogP contribution in [-0.2, 0) is 9.59 Å². The average molecular weight is 285 g/mol. The number of nitrogens with zero attached hydrogens (tertiary/aromatic N) is 1. The van der Waals surface area contributed by atoms with E-state index in [4.69, 9.17) is 5.11 Å². The molecule has 1 aliphatic rings. The number of carbonyl (C=O) groups is 3. The second-order valence-electron chi connectivity index (χ2n) is 6.05. The Bertz CT molecular complexity index is 403. The Balaban J connectivity index is 2.94. The van der Waals surface area contributed by atoms with Gasteiger partial charge in [-0.1, -0.05) is 20.8 Å². The van der Waals surface area contributed by atoms with Crippen molar-refractivity contribution >= 4 is 17.9 Å². The zero-order chi connectivity index (χ0) is 15.5. The van der Waals surface area contributed by atoms with E-state index in [0.717, 1.165) is 6.42 Å². The SMILES string of the molecule is CNC(=O)C1CCCN1C(=O)C(NC(=O)O)C(C)(C)C. The van der Waals surface area contributed by atoms with Gasteiger partial charge in [0.05, 0.1) is 0 Å². The molecule has 3 N–H and O–H groups in total. The summed E-state index contributed by atoms with van der Waals surface area (Å²) < 4.78 is 0. The minimum absolute atomic E-state index is 0.209. The summed E-state index contributed by atoms with van der Waals surface area (Å²) in [7, 11) is 1.53. The van der Waals surface area contributed by atoms with Gasteiger partial charge in [0.2, 0.25) is 11.8 Å². The topological polar surface area (TPSA) is 98.7 Å². The predicted molar refractivity (Wildman–Crippen MR) is 73.2 cm³/mol. The lowest BCUT2D eigenvalue weighted by molar-refractivity contribution is -0.141. The second kappa shape index (κ2) is 6.11. The maximum atomic E-state index is 12.6. The molecule has 1 rings (SSSR count). The van der Waals surface area contributed by atoms with E-state index in [0.29, 0.717) is 13.0 Å². The van der Waals surface area contributed by atoms with Crippen LogP contribution in [0.15, 0.2) is 0 Å². The lowest BCUT2D eigenvalue weighted by Gasteiger charge is -2.34. The smallest absolute Gasteiger partial charge is 0.405 e. The Morgan fingerprint density at radius 2 is 1.90 bits per heavy atom. The highest BCUT2D eigenvalue weighted by molar-refractivity contribution is 5.92. The van der Waals surface area contributed by atoms with Crippen LogP contribution in [0.4, 0.5) is 4.79 Å². The largest absolute Gasteiger partial charge is 0.465 e. The fourth-order valence-corrected chi connectivity index (χ4v) is 2.41. The summed E-state index contributed by atoms with van der Waals surface area (Å²) in [6.07, 6.45) is 0.109. The normalized spacial score (nSPS) is 20.4. The number of rotatable bonds is 3. The van der Waals surface area contributed by atoms with Gasteiger partial charge in [-0.05, 0) is 18.3 Å². The molecule has 0 aliphatic carbocycles. The number of likely N-dealkylation sites (tertiary alicyclic amines) is 1. The lowest BCUT2D eigenvalue weighted by atomic mass is 9.85. The first-order chi connectivity index (χ1) is 9.18. The first-order valence-corrected chi connectivity index (χ1v) is 6.70. The molecular weight excluding hydrogens is 262 g/mol. The van der Waals surface area contributed by atoms with Gasteiger partial charge in [0.15, 0.2) is 0 Å². The minimum atomic E-state index is -1.24. The number of nitrogens with one attached hydrogen (secondary N) is 2. The van der Waals surface area contributed by atoms with E-state index in [1.54, 1.807) is 20.8 Å². The van der Waals surface area contributed by atoms with Crippen molar-refractivity contribution in [2.45, 2.75) is 45.7 Å². The van der Waals surface area contributed by atoms with Crippen LogP contribution in [0.25, 0.3) is 0 Å². The third-order valence-corrected chi connectivity index (χ3v) is 3.47. The Hall–Kier alpha value is -1.79. The van der Waals surface area contributed by atoms with Crippen molar-refractivity contribution in [3.05, 3.63) is 0 Å². The van der Waals surface area contributed by atoms with Gasteiger partial charge < -0.3 is 20.6 Å². The van der Waals surface area contributed by atoms with E-state index < -0.39 is 23.6 Å². The van der Waals surface area contributed by atoms with Gasteiger partial charge in [0.25, 0.3) is 0 Å². The van der Waals surface area contributed by atoms with Crippen molar-refractivity contribution in [1.82, 2.24) is 15.5 Å². The second-order valence-corrected chi connectivity index (χ2v) is 6.05. The molecule has 2 atom stereocenters. The molecule has 0 aromatic heterocycles. The van der Waals surface area contributed by atoms with Crippen LogP contribution in [0, 0.1) is 5.41 Å². The fraction of sp³-hybridized carbons (Fsp3) is 0.769. The van der Waals surface area contributed by atoms with Crippen molar-refractivity contribution in [3.63, 3.8) is 0 Å². The molecule has 0 bridgehead atoms. The Morgan fingerprint density at radius 3 is 2.35 bits per heavy atom. The third kappa shape index (κ3) is 3.61. The van der Waals surface area contributed by atoms with Crippen LogP contribution in [0.1, 0.15) is 33.6 Å². The highest BCUT2D eigenvalue weighted by atomic mass is 16.4. The van der Waals surface area contributed by atoms with E-state index in [1.807, 2.05) is 0 Å². The molecule has 114 valence electrons. The zero-order valence-electron chi connectivity index (χ0n) is 12.4. The molecule has 0 saturated carbocycles. The van der Waals surface area contributed by atoms with Gasteiger partial charge in [-0.2, -0.15) is 0 Å². The minimum Gasteiger partial charge on any atom is -0.465 e. The summed E-state index contributed by atoms with van der Waals surface area (Å²) >= 11 is 0. The number of likely N-dealkylation sites (N-methyl/N-ethyl adjacent to an activating group) is 1. The van der Waals surface area contributed by atoms with Crippen molar-refractivity contribution in [2.75, 3.05) is 13.6 Å². The first kappa shape index (κ1) is 16.3. The summed E-state index contributed by atoms with van der Waals surface area (Å²) in [5, 5.41) is 13.7. The predicted octanol–water partition coefficient (Wildman–Crippen LogP) is 0.406. The van der Waals surface area contributed by atoms with Gasteiger partial charge in [-0.15, -0.1) is 0 Å². The first-order valence-electron chi connectivity index (χ1n) is 6.70. The molecule has 7 heteroatoms. The molecule has 3 amide bonds. The number of carbonyl (C=O) groups excluding carboxylic acids is 2. The third-order valence-electron chi connectivity index (χ3n) is 3.47. The van der Waals surface area contributed by atoms with Crippen LogP contribution in [0.2, 0.25) is 0 Å². The number of amides is 3. The van der Waals surface area contributed by atoms with E-state index in [9.17, 15) is 14.4 Å². The van der Waals surface area contributed by atoms with Crippen molar-refractivity contribution in [3.8, 4) is 0 Å². The molecule has 0 aromatic rings. The van der Waals surface area contributed by atoms with E-state index in [2.05, 4.69) is 10.6 Å². The molecule has 0 spiro atoms. The van der Waals surface area contributed by atoms with E-state index >= 15 is 0 Å². The maximum absolute atomic E-state index is 12.6. The molecule has 7 nitrogen and oxygen atoms in total. The molecule has 1 aliphatic heterocycles. The van der Waals surface area contributed by atoms with Gasteiger partial charge in [-0.25, -0.2) is 4.79 Å². The summed E-state index contributed by atoms with van der Waals surface area (Å²) in [5.41, 5.74) is -0.564. The molecule has 20 heavy (non-hydrogen) atoms. The van der Waals surface area contributed by atoms with Crippen molar-refractivity contribution in [1.29, 1.82) is 0 Å². The summed E-state index contributed by atoms with van der Waals surface area (Å²) in [4.78, 5) is 36.7. The highest BCUT2D eigenvalue weighted by Gasteiger charge is 2.41. The molecule has 0 radical (unpaired) electrons. The van der Waals surface area contributed by atoms with Gasteiger partial charge in [0.1, 0.15) is 12.1 Å². The summed E-state index contributed by atoms with van der Waals surface area (Å²) in [6.45, 7) is 5.84. The zero-order valence-corrected chi connectivity index (χ0v) is 12.4. The molecular formula is C13H23N3O4. The van der Waals surface area contributed by atoms with Crippen LogP contribution in [0.5, 0.6) is 0 Å².